The van der Waals surface area contributed by atoms with E-state index in [2.05, 4.69) is 23.7 Å². The molecule has 0 saturated heterocycles. The number of aryl methyl sites for hydroxylation is 1. The summed E-state index contributed by atoms with van der Waals surface area (Å²) in [4.78, 5) is 6.70. The van der Waals surface area contributed by atoms with Crippen molar-refractivity contribution >= 4 is 11.7 Å². The molecule has 1 rings (SSSR count). The molecular weight excluding hydrogens is 252 g/mol. The molecule has 5 nitrogen and oxygen atoms in total. The summed E-state index contributed by atoms with van der Waals surface area (Å²) in [6, 6.07) is 2.26. The van der Waals surface area contributed by atoms with E-state index in [9.17, 15) is 0 Å². The van der Waals surface area contributed by atoms with Gasteiger partial charge in [0.1, 0.15) is 11.7 Å². The smallest absolute Gasteiger partial charge is 0.140 e. The molecule has 112 valence electrons. The van der Waals surface area contributed by atoms with Crippen molar-refractivity contribution in [1.29, 1.82) is 5.41 Å². The van der Waals surface area contributed by atoms with Crippen molar-refractivity contribution in [2.24, 2.45) is 5.73 Å². The largest absolute Gasteiger partial charge is 0.384 e. The van der Waals surface area contributed by atoms with E-state index in [4.69, 9.17) is 15.9 Å². The van der Waals surface area contributed by atoms with E-state index in [1.807, 2.05) is 13.0 Å². The Labute approximate surface area is 121 Å². The highest BCUT2D eigenvalue weighted by Gasteiger charge is 2.21. The zero-order valence-electron chi connectivity index (χ0n) is 12.9. The number of pyridine rings is 1. The van der Waals surface area contributed by atoms with Crippen LogP contribution in [0.15, 0.2) is 12.3 Å². The Hall–Kier alpha value is -1.62. The molecule has 0 unspecified atom stereocenters. The summed E-state index contributed by atoms with van der Waals surface area (Å²) in [6.45, 7) is 7.67. The molecule has 0 fully saturated rings. The van der Waals surface area contributed by atoms with Crippen LogP contribution < -0.4 is 10.6 Å². The molecular formula is C15H26N4O. The molecule has 20 heavy (non-hydrogen) atoms. The third-order valence-corrected chi connectivity index (χ3v) is 3.60. The van der Waals surface area contributed by atoms with E-state index in [-0.39, 0.29) is 5.84 Å². The topological polar surface area (TPSA) is 75.2 Å². The van der Waals surface area contributed by atoms with E-state index in [0.717, 1.165) is 36.3 Å². The molecule has 0 aromatic carbocycles. The third-order valence-electron chi connectivity index (χ3n) is 3.60. The van der Waals surface area contributed by atoms with E-state index in [1.165, 1.54) is 0 Å². The van der Waals surface area contributed by atoms with Gasteiger partial charge in [-0.2, -0.15) is 0 Å². The van der Waals surface area contributed by atoms with Gasteiger partial charge < -0.3 is 15.4 Å². The van der Waals surface area contributed by atoms with Crippen LogP contribution in [0.3, 0.4) is 0 Å². The van der Waals surface area contributed by atoms with E-state index >= 15 is 0 Å². The third kappa shape index (κ3) is 3.70. The molecule has 1 aromatic heterocycles. The van der Waals surface area contributed by atoms with Gasteiger partial charge in [0.2, 0.25) is 0 Å². The minimum Gasteiger partial charge on any atom is -0.384 e. The molecule has 5 heteroatoms. The first-order chi connectivity index (χ1) is 9.56. The summed E-state index contributed by atoms with van der Waals surface area (Å²) in [5, 5.41) is 7.82. The van der Waals surface area contributed by atoms with Crippen LogP contribution in [0.5, 0.6) is 0 Å². The van der Waals surface area contributed by atoms with Crippen LogP contribution in [0.2, 0.25) is 0 Å². The summed E-state index contributed by atoms with van der Waals surface area (Å²) in [6.07, 6.45) is 3.82. The first-order valence-electron chi connectivity index (χ1n) is 7.12. The van der Waals surface area contributed by atoms with Gasteiger partial charge in [-0.15, -0.1) is 0 Å². The van der Waals surface area contributed by atoms with Crippen LogP contribution in [0.25, 0.3) is 0 Å². The fraction of sp³-hybridized carbons (Fsp3) is 0.600. The number of hydrogen-bond donors (Lipinski definition) is 2. The van der Waals surface area contributed by atoms with Crippen LogP contribution in [0.4, 0.5) is 5.82 Å². The summed E-state index contributed by atoms with van der Waals surface area (Å²) >= 11 is 0. The Kier molecular flexibility index (Phi) is 6.45. The summed E-state index contributed by atoms with van der Waals surface area (Å²) < 4.78 is 5.21. The van der Waals surface area contributed by atoms with Crippen molar-refractivity contribution in [3.05, 3.63) is 23.4 Å². The summed E-state index contributed by atoms with van der Waals surface area (Å²) in [5.41, 5.74) is 7.46. The maximum absolute atomic E-state index is 7.82. The first kappa shape index (κ1) is 16.4. The minimum absolute atomic E-state index is 0.0685. The standard InChI is InChI=1S/C15H26N4O/c1-5-12(6-2)19(9-10-20-4)15-13(14(16)17)11(3)7-8-18-15/h7-8,12H,5-6,9-10H2,1-4H3,(H3,16,17). The quantitative estimate of drug-likeness (QED) is 0.565. The van der Waals surface area contributed by atoms with Crippen molar-refractivity contribution in [2.75, 3.05) is 25.2 Å². The normalized spacial score (nSPS) is 10.8. The Morgan fingerprint density at radius 3 is 2.60 bits per heavy atom. The lowest BCUT2D eigenvalue weighted by atomic mass is 10.1. The summed E-state index contributed by atoms with van der Waals surface area (Å²) in [5.74, 6) is 0.863. The van der Waals surface area contributed by atoms with Gasteiger partial charge in [0.15, 0.2) is 0 Å². The van der Waals surface area contributed by atoms with Gasteiger partial charge in [0, 0.05) is 25.9 Å². The number of ether oxygens (including phenoxy) is 1. The Bertz CT molecular complexity index is 443. The van der Waals surface area contributed by atoms with E-state index in [0.29, 0.717) is 12.6 Å². The number of nitrogens with one attached hydrogen (secondary N) is 1. The van der Waals surface area contributed by atoms with Gasteiger partial charge in [-0.25, -0.2) is 4.98 Å². The molecule has 0 bridgehead atoms. The highest BCUT2D eigenvalue weighted by Crippen LogP contribution is 2.24. The monoisotopic (exact) mass is 278 g/mol. The average Bonchev–Trinajstić information content (AvgIpc) is 2.42. The molecule has 0 aliphatic heterocycles. The van der Waals surface area contributed by atoms with Crippen LogP contribution in [0, 0.1) is 12.3 Å². The average molecular weight is 278 g/mol. The van der Waals surface area contributed by atoms with Gasteiger partial charge in [0.25, 0.3) is 0 Å². The summed E-state index contributed by atoms with van der Waals surface area (Å²) in [7, 11) is 1.70. The predicted molar refractivity (Wildman–Crippen MR) is 83.6 cm³/mol. The maximum atomic E-state index is 7.82. The molecule has 1 heterocycles. The number of nitrogen functional groups attached to an aromatic ring is 1. The van der Waals surface area contributed by atoms with Crippen LogP contribution >= 0.6 is 0 Å². The van der Waals surface area contributed by atoms with E-state index < -0.39 is 0 Å². The number of methoxy groups -OCH3 is 1. The van der Waals surface area contributed by atoms with Gasteiger partial charge in [0.05, 0.1) is 12.2 Å². The number of anilines is 1. The molecule has 0 atom stereocenters. The molecule has 0 saturated carbocycles. The van der Waals surface area contributed by atoms with Crippen LogP contribution in [0.1, 0.15) is 37.8 Å². The fourth-order valence-corrected chi connectivity index (χ4v) is 2.48. The zero-order chi connectivity index (χ0) is 15.1. The number of hydrogen-bond acceptors (Lipinski definition) is 4. The Morgan fingerprint density at radius 2 is 2.10 bits per heavy atom. The zero-order valence-corrected chi connectivity index (χ0v) is 12.9. The maximum Gasteiger partial charge on any atom is 0.140 e. The number of amidine groups is 1. The lowest BCUT2D eigenvalue weighted by Gasteiger charge is -2.33. The molecule has 0 aliphatic carbocycles. The highest BCUT2D eigenvalue weighted by atomic mass is 16.5. The number of aromatic nitrogens is 1. The van der Waals surface area contributed by atoms with Crippen LogP contribution in [-0.4, -0.2) is 37.1 Å². The predicted octanol–water partition coefficient (Wildman–Crippen LogP) is 2.32. The van der Waals surface area contributed by atoms with Gasteiger partial charge in [-0.1, -0.05) is 13.8 Å². The van der Waals surface area contributed by atoms with Crippen molar-refractivity contribution in [3.8, 4) is 0 Å². The van der Waals surface area contributed by atoms with Gasteiger partial charge in [-0.05, 0) is 31.4 Å². The molecule has 1 aromatic rings. The second kappa shape index (κ2) is 7.85. The van der Waals surface area contributed by atoms with Gasteiger partial charge >= 0.3 is 0 Å². The highest BCUT2D eigenvalue weighted by molar-refractivity contribution is 6.01. The van der Waals surface area contributed by atoms with Crippen molar-refractivity contribution in [1.82, 2.24) is 4.98 Å². The van der Waals surface area contributed by atoms with Crippen molar-refractivity contribution in [3.63, 3.8) is 0 Å². The first-order valence-corrected chi connectivity index (χ1v) is 7.12. The number of nitrogens with two attached hydrogens (primary N) is 1. The van der Waals surface area contributed by atoms with Crippen LogP contribution in [-0.2, 0) is 4.74 Å². The van der Waals surface area contributed by atoms with Gasteiger partial charge in [-0.3, -0.25) is 5.41 Å². The molecule has 0 radical (unpaired) electrons. The van der Waals surface area contributed by atoms with Crippen molar-refractivity contribution < 1.29 is 4.74 Å². The second-order valence-electron chi connectivity index (χ2n) is 4.90. The van der Waals surface area contributed by atoms with E-state index in [1.54, 1.807) is 13.3 Å². The Morgan fingerprint density at radius 1 is 1.45 bits per heavy atom. The second-order valence-corrected chi connectivity index (χ2v) is 4.90. The number of rotatable bonds is 8. The molecule has 3 N–H and O–H groups in total. The minimum atomic E-state index is 0.0685. The van der Waals surface area contributed by atoms with Crippen molar-refractivity contribution in [2.45, 2.75) is 39.7 Å². The number of nitrogens with zero attached hydrogens (tertiary/aromatic N) is 2. The molecule has 0 spiro atoms. The fourth-order valence-electron chi connectivity index (χ4n) is 2.48. The Balaban J connectivity index is 3.25. The lowest BCUT2D eigenvalue weighted by Crippen LogP contribution is -2.39. The molecule has 0 amide bonds. The molecule has 0 aliphatic rings. The lowest BCUT2D eigenvalue weighted by molar-refractivity contribution is 0.202. The SMILES string of the molecule is CCC(CC)N(CCOC)c1nccc(C)c1C(=N)N.